The van der Waals surface area contributed by atoms with Gasteiger partial charge in [0.05, 0.1) is 12.5 Å². The molecule has 1 unspecified atom stereocenters. The number of nitrogens with one attached hydrogen (secondary N) is 1. The van der Waals surface area contributed by atoms with E-state index in [0.29, 0.717) is 10.7 Å². The molecule has 0 aliphatic rings. The molecule has 2 aromatic carbocycles. The van der Waals surface area contributed by atoms with E-state index in [9.17, 15) is 9.59 Å². The van der Waals surface area contributed by atoms with E-state index in [2.05, 4.69) is 5.32 Å². The summed E-state index contributed by atoms with van der Waals surface area (Å²) in [5.41, 5.74) is 8.48. The number of nitrogens with zero attached hydrogens (tertiary/aromatic N) is 1. The summed E-state index contributed by atoms with van der Waals surface area (Å²) in [5, 5.41) is 4.60. The predicted molar refractivity (Wildman–Crippen MR) is 103 cm³/mol. The third-order valence-electron chi connectivity index (χ3n) is 4.45. The summed E-state index contributed by atoms with van der Waals surface area (Å²) in [7, 11) is 1.84. The zero-order valence-electron chi connectivity index (χ0n) is 14.6. The van der Waals surface area contributed by atoms with Crippen molar-refractivity contribution in [2.24, 2.45) is 12.8 Å². The van der Waals surface area contributed by atoms with Crippen molar-refractivity contribution in [3.8, 4) is 0 Å². The second kappa shape index (κ2) is 7.22. The van der Waals surface area contributed by atoms with E-state index in [1.165, 1.54) is 0 Å². The lowest BCUT2D eigenvalue weighted by Gasteiger charge is -2.15. The summed E-state index contributed by atoms with van der Waals surface area (Å²) in [6.07, 6.45) is 0.208. The van der Waals surface area contributed by atoms with Gasteiger partial charge in [0, 0.05) is 23.0 Å². The van der Waals surface area contributed by atoms with Gasteiger partial charge in [0.15, 0.2) is 0 Å². The van der Waals surface area contributed by atoms with E-state index in [-0.39, 0.29) is 24.3 Å². The molecule has 0 bridgehead atoms. The molecule has 1 heterocycles. The maximum atomic E-state index is 12.7. The van der Waals surface area contributed by atoms with Gasteiger partial charge in [-0.15, -0.1) is 0 Å². The summed E-state index contributed by atoms with van der Waals surface area (Å²) < 4.78 is 1.83. The van der Waals surface area contributed by atoms with Crippen LogP contribution in [0.15, 0.2) is 48.5 Å². The predicted octanol–water partition coefficient (Wildman–Crippen LogP) is 3.35. The lowest BCUT2D eigenvalue weighted by molar-refractivity contribution is -0.117. The highest BCUT2D eigenvalue weighted by Crippen LogP contribution is 2.23. The molecule has 26 heavy (non-hydrogen) atoms. The molecule has 3 aromatic rings. The van der Waals surface area contributed by atoms with Crippen molar-refractivity contribution in [1.29, 1.82) is 0 Å². The maximum absolute atomic E-state index is 12.7. The van der Waals surface area contributed by atoms with E-state index >= 15 is 0 Å². The first-order valence-electron chi connectivity index (χ1n) is 8.28. The lowest BCUT2D eigenvalue weighted by atomic mass is 10.0. The molecule has 134 valence electrons. The van der Waals surface area contributed by atoms with Crippen LogP contribution < -0.4 is 11.1 Å². The van der Waals surface area contributed by atoms with Crippen LogP contribution in [0.4, 0.5) is 0 Å². The molecular weight excluding hydrogens is 350 g/mol. The number of nitrogens with two attached hydrogens (primary N) is 1. The number of aromatic nitrogens is 1. The average molecular weight is 370 g/mol. The molecule has 3 rings (SSSR count). The fourth-order valence-corrected chi connectivity index (χ4v) is 3.17. The number of rotatable bonds is 5. The van der Waals surface area contributed by atoms with E-state index in [0.717, 1.165) is 22.0 Å². The lowest BCUT2D eigenvalue weighted by Crippen LogP contribution is -2.28. The van der Waals surface area contributed by atoms with Crippen LogP contribution in [0.2, 0.25) is 5.02 Å². The maximum Gasteiger partial charge on any atom is 0.268 e. The molecule has 3 N–H and O–H groups in total. The molecule has 6 heteroatoms. The Morgan fingerprint density at radius 3 is 2.50 bits per heavy atom. The molecular formula is C20H20ClN3O2. The van der Waals surface area contributed by atoms with Gasteiger partial charge in [0.25, 0.3) is 5.91 Å². The molecule has 0 saturated carbocycles. The minimum Gasteiger partial charge on any atom is -0.369 e. The Labute approximate surface area is 156 Å². The van der Waals surface area contributed by atoms with Crippen molar-refractivity contribution in [2.45, 2.75) is 19.4 Å². The van der Waals surface area contributed by atoms with Gasteiger partial charge in [-0.2, -0.15) is 0 Å². The Bertz CT molecular complexity index is 977. The van der Waals surface area contributed by atoms with Gasteiger partial charge < -0.3 is 15.6 Å². The van der Waals surface area contributed by atoms with Crippen LogP contribution in [0.25, 0.3) is 10.9 Å². The summed E-state index contributed by atoms with van der Waals surface area (Å²) >= 11 is 6.05. The van der Waals surface area contributed by atoms with E-state index in [1.807, 2.05) is 67.1 Å². The van der Waals surface area contributed by atoms with Gasteiger partial charge in [-0.05, 0) is 36.2 Å². The number of aryl methyl sites for hydroxylation is 1. The molecule has 0 radical (unpaired) electrons. The molecule has 5 nitrogen and oxygen atoms in total. The van der Waals surface area contributed by atoms with Gasteiger partial charge in [-0.3, -0.25) is 9.59 Å². The molecule has 2 amide bonds. The third-order valence-corrected chi connectivity index (χ3v) is 4.68. The van der Waals surface area contributed by atoms with Crippen molar-refractivity contribution in [2.75, 3.05) is 0 Å². The highest BCUT2D eigenvalue weighted by atomic mass is 35.5. The molecule has 0 spiro atoms. The Kier molecular flexibility index (Phi) is 5.00. The Morgan fingerprint density at radius 2 is 1.85 bits per heavy atom. The number of amides is 2. The van der Waals surface area contributed by atoms with Gasteiger partial charge in [0.1, 0.15) is 5.69 Å². The van der Waals surface area contributed by atoms with Crippen LogP contribution in [0.5, 0.6) is 0 Å². The van der Waals surface area contributed by atoms with Crippen LogP contribution in [0.1, 0.15) is 34.6 Å². The normalized spacial score (nSPS) is 12.1. The largest absolute Gasteiger partial charge is 0.369 e. The number of hydrogen-bond donors (Lipinski definition) is 2. The van der Waals surface area contributed by atoms with E-state index in [1.54, 1.807) is 0 Å². The Hall–Kier alpha value is -2.79. The number of hydrogen-bond acceptors (Lipinski definition) is 2. The van der Waals surface area contributed by atoms with Crippen molar-refractivity contribution >= 4 is 34.3 Å². The summed E-state index contributed by atoms with van der Waals surface area (Å²) in [6.45, 7) is 1.92. The molecule has 0 saturated heterocycles. The van der Waals surface area contributed by atoms with Gasteiger partial charge >= 0.3 is 0 Å². The summed E-state index contributed by atoms with van der Waals surface area (Å²) in [4.78, 5) is 23.7. The SMILES string of the molecule is CC(NC(=O)c1cc2ccc(Cl)cc2n1C)c1ccc(CC(N)=O)cc1. The Balaban J connectivity index is 1.77. The van der Waals surface area contributed by atoms with Crippen LogP contribution in [0, 0.1) is 0 Å². The fraction of sp³-hybridized carbons (Fsp3) is 0.200. The van der Waals surface area contributed by atoms with Crippen LogP contribution in [-0.2, 0) is 18.3 Å². The minimum absolute atomic E-state index is 0.159. The van der Waals surface area contributed by atoms with Gasteiger partial charge in [-0.1, -0.05) is 41.9 Å². The third kappa shape index (κ3) is 3.73. The number of carbonyl (C=O) groups excluding carboxylic acids is 2. The standard InChI is InChI=1S/C20H20ClN3O2/c1-12(14-5-3-13(4-6-14)9-19(22)25)23-20(26)18-10-15-7-8-16(21)11-17(15)24(18)2/h3-8,10-12H,9H2,1-2H3,(H2,22,25)(H,23,26). The fourth-order valence-electron chi connectivity index (χ4n) is 3.00. The van der Waals surface area contributed by atoms with Crippen molar-refractivity contribution in [1.82, 2.24) is 9.88 Å². The molecule has 1 aromatic heterocycles. The van der Waals surface area contributed by atoms with Gasteiger partial charge in [0.2, 0.25) is 5.91 Å². The number of carbonyl (C=O) groups is 2. The first kappa shape index (κ1) is 18.0. The average Bonchev–Trinajstić information content (AvgIpc) is 2.91. The molecule has 0 aliphatic heterocycles. The number of fused-ring (bicyclic) bond motifs is 1. The first-order chi connectivity index (χ1) is 12.3. The Morgan fingerprint density at radius 1 is 1.15 bits per heavy atom. The second-order valence-corrected chi connectivity index (χ2v) is 6.81. The zero-order chi connectivity index (χ0) is 18.8. The monoisotopic (exact) mass is 369 g/mol. The number of primary amides is 1. The van der Waals surface area contributed by atoms with Crippen LogP contribution in [0.3, 0.4) is 0 Å². The zero-order valence-corrected chi connectivity index (χ0v) is 15.4. The number of halogens is 1. The highest BCUT2D eigenvalue weighted by Gasteiger charge is 2.16. The molecule has 1 atom stereocenters. The minimum atomic E-state index is -0.366. The number of benzene rings is 2. The quantitative estimate of drug-likeness (QED) is 0.723. The van der Waals surface area contributed by atoms with E-state index < -0.39 is 0 Å². The summed E-state index contributed by atoms with van der Waals surface area (Å²) in [6, 6.07) is 14.7. The molecule has 0 fully saturated rings. The van der Waals surface area contributed by atoms with Crippen LogP contribution >= 0.6 is 11.6 Å². The van der Waals surface area contributed by atoms with Crippen LogP contribution in [-0.4, -0.2) is 16.4 Å². The van der Waals surface area contributed by atoms with Gasteiger partial charge in [-0.25, -0.2) is 0 Å². The first-order valence-corrected chi connectivity index (χ1v) is 8.66. The smallest absolute Gasteiger partial charge is 0.268 e. The topological polar surface area (TPSA) is 77.1 Å². The summed E-state index contributed by atoms with van der Waals surface area (Å²) in [5.74, 6) is -0.525. The van der Waals surface area contributed by atoms with E-state index in [4.69, 9.17) is 17.3 Å². The molecule has 0 aliphatic carbocycles. The van der Waals surface area contributed by atoms with Crippen molar-refractivity contribution in [3.05, 3.63) is 70.4 Å². The van der Waals surface area contributed by atoms with Crippen molar-refractivity contribution < 1.29 is 9.59 Å². The highest BCUT2D eigenvalue weighted by molar-refractivity contribution is 6.31. The second-order valence-electron chi connectivity index (χ2n) is 6.37. The van der Waals surface area contributed by atoms with Crippen molar-refractivity contribution in [3.63, 3.8) is 0 Å².